The topological polar surface area (TPSA) is 66.5 Å². The van der Waals surface area contributed by atoms with Crippen LogP contribution in [-0.2, 0) is 17.6 Å². The Morgan fingerprint density at radius 1 is 1.35 bits per heavy atom. The second kappa shape index (κ2) is 5.05. The normalized spacial score (nSPS) is 14.3. The van der Waals surface area contributed by atoms with E-state index in [2.05, 4.69) is 11.9 Å². The highest BCUT2D eigenvalue weighted by molar-refractivity contribution is 7.20. The van der Waals surface area contributed by atoms with Gasteiger partial charge in [0.1, 0.15) is 4.88 Å². The van der Waals surface area contributed by atoms with Crippen LogP contribution >= 0.6 is 11.3 Å². The van der Waals surface area contributed by atoms with Gasteiger partial charge in [0.05, 0.1) is 17.7 Å². The van der Waals surface area contributed by atoms with Gasteiger partial charge in [0.25, 0.3) is 4.83 Å². The number of rotatable bonds is 2. The average Bonchev–Trinajstić information content (AvgIpc) is 2.77. The van der Waals surface area contributed by atoms with Crippen LogP contribution < -0.4 is 10.7 Å². The van der Waals surface area contributed by atoms with Gasteiger partial charge < -0.3 is 10.5 Å². The minimum absolute atomic E-state index is 0.318. The maximum Gasteiger partial charge on any atom is 0.350 e. The number of anilines is 1. The van der Waals surface area contributed by atoms with E-state index in [0.29, 0.717) is 17.2 Å². The molecule has 5 heteroatoms. The van der Waals surface area contributed by atoms with Gasteiger partial charge in [-0.15, -0.1) is 0 Å². The Labute approximate surface area is 122 Å². The van der Waals surface area contributed by atoms with Crippen LogP contribution in [0.2, 0.25) is 0 Å². The molecule has 0 atom stereocenters. The Balaban J connectivity index is 2.24. The second-order valence-corrected chi connectivity index (χ2v) is 6.20. The van der Waals surface area contributed by atoms with Crippen LogP contribution in [0.1, 0.15) is 46.3 Å². The highest BCUT2D eigenvalue weighted by Gasteiger charge is 2.27. The smallest absolute Gasteiger partial charge is 0.350 e. The lowest BCUT2D eigenvalue weighted by molar-refractivity contribution is -0.352. The average molecular weight is 291 g/mol. The summed E-state index contributed by atoms with van der Waals surface area (Å²) in [5, 5.41) is 1.04. The predicted octanol–water partition coefficient (Wildman–Crippen LogP) is 2.66. The predicted molar refractivity (Wildman–Crippen MR) is 80.1 cm³/mol. The minimum atomic E-state index is -0.318. The number of hydrogen-bond acceptors (Lipinski definition) is 4. The third-order valence-electron chi connectivity index (χ3n) is 3.93. The van der Waals surface area contributed by atoms with Crippen molar-refractivity contribution in [3.05, 3.63) is 21.7 Å². The summed E-state index contributed by atoms with van der Waals surface area (Å²) >= 11 is 1.40. The SMILES string of the molecule is CCOC(=O)c1sc2[nH+]c(C)c3c(c2c1N)CCCC3. The first kappa shape index (κ1) is 13.4. The van der Waals surface area contributed by atoms with E-state index in [0.717, 1.165) is 23.1 Å². The van der Waals surface area contributed by atoms with E-state index in [9.17, 15) is 4.79 Å². The molecule has 0 bridgehead atoms. The standard InChI is InChI=1S/C15H18N2O2S/c1-3-19-15(18)13-12(16)11-10-7-5-4-6-9(10)8(2)17-14(11)20-13/h3-7,16H2,1-2H3/p+1. The number of nitrogen functional groups attached to an aromatic ring is 1. The zero-order valence-corrected chi connectivity index (χ0v) is 12.7. The summed E-state index contributed by atoms with van der Waals surface area (Å²) in [5.41, 5.74) is 10.7. The molecule has 3 rings (SSSR count). The third kappa shape index (κ3) is 1.97. The Morgan fingerprint density at radius 2 is 2.05 bits per heavy atom. The molecule has 0 aliphatic heterocycles. The van der Waals surface area contributed by atoms with Crippen molar-refractivity contribution in [2.24, 2.45) is 0 Å². The monoisotopic (exact) mass is 291 g/mol. The number of nitrogens with two attached hydrogens (primary N) is 1. The lowest BCUT2D eigenvalue weighted by atomic mass is 9.89. The van der Waals surface area contributed by atoms with Crippen LogP contribution in [0.25, 0.3) is 10.2 Å². The number of aromatic nitrogens is 1. The summed E-state index contributed by atoms with van der Waals surface area (Å²) in [6.07, 6.45) is 4.56. The number of esters is 1. The van der Waals surface area contributed by atoms with Crippen molar-refractivity contribution in [1.29, 1.82) is 0 Å². The Bertz CT molecular complexity index is 691. The molecule has 1 aliphatic carbocycles. The molecule has 2 aromatic rings. The number of H-pyrrole nitrogens is 1. The van der Waals surface area contributed by atoms with Crippen LogP contribution in [0.5, 0.6) is 0 Å². The maximum absolute atomic E-state index is 12.0. The Morgan fingerprint density at radius 3 is 2.75 bits per heavy atom. The molecule has 2 heterocycles. The van der Waals surface area contributed by atoms with Gasteiger partial charge in [-0.2, -0.15) is 4.98 Å². The van der Waals surface area contributed by atoms with Crippen molar-refractivity contribution in [3.8, 4) is 0 Å². The van der Waals surface area contributed by atoms with Crippen LogP contribution in [0.15, 0.2) is 0 Å². The summed E-state index contributed by atoms with van der Waals surface area (Å²) in [6, 6.07) is 0. The minimum Gasteiger partial charge on any atom is -0.462 e. The van der Waals surface area contributed by atoms with Crippen molar-refractivity contribution in [2.75, 3.05) is 12.3 Å². The van der Waals surface area contributed by atoms with Gasteiger partial charge in [0, 0.05) is 12.5 Å². The number of aryl methyl sites for hydroxylation is 2. The van der Waals surface area contributed by atoms with E-state index in [1.165, 1.54) is 41.0 Å². The lowest BCUT2D eigenvalue weighted by Crippen LogP contribution is -2.16. The van der Waals surface area contributed by atoms with E-state index in [1.54, 1.807) is 6.92 Å². The molecule has 3 N–H and O–H groups in total. The molecule has 0 aromatic carbocycles. The lowest BCUT2D eigenvalue weighted by Gasteiger charge is -2.15. The van der Waals surface area contributed by atoms with Crippen LogP contribution in [0.3, 0.4) is 0 Å². The number of aromatic amines is 1. The fraction of sp³-hybridized carbons (Fsp3) is 0.467. The number of thiophene rings is 1. The Kier molecular flexibility index (Phi) is 3.38. The van der Waals surface area contributed by atoms with Crippen LogP contribution in [0.4, 0.5) is 5.69 Å². The first-order valence-corrected chi connectivity index (χ1v) is 7.87. The molecule has 4 nitrogen and oxygen atoms in total. The molecule has 0 saturated carbocycles. The maximum atomic E-state index is 12.0. The zero-order valence-electron chi connectivity index (χ0n) is 11.8. The highest BCUT2D eigenvalue weighted by atomic mass is 32.1. The Hall–Kier alpha value is -1.62. The number of pyridine rings is 1. The molecule has 1 aliphatic rings. The van der Waals surface area contributed by atoms with Crippen molar-refractivity contribution in [1.82, 2.24) is 0 Å². The molecular formula is C15H19N2O2S+. The molecule has 20 heavy (non-hydrogen) atoms. The van der Waals surface area contributed by atoms with Gasteiger partial charge in [0.15, 0.2) is 5.69 Å². The largest absolute Gasteiger partial charge is 0.462 e. The van der Waals surface area contributed by atoms with Crippen LogP contribution in [0, 0.1) is 6.92 Å². The highest BCUT2D eigenvalue weighted by Crippen LogP contribution is 2.38. The number of carbonyl (C=O) groups is 1. The number of nitrogens with one attached hydrogen (secondary N) is 1. The van der Waals surface area contributed by atoms with E-state index >= 15 is 0 Å². The number of hydrogen-bond donors (Lipinski definition) is 1. The molecule has 2 aromatic heterocycles. The first-order chi connectivity index (χ1) is 9.63. The van der Waals surface area contributed by atoms with Crippen molar-refractivity contribution < 1.29 is 14.5 Å². The van der Waals surface area contributed by atoms with Crippen LogP contribution in [-0.4, -0.2) is 12.6 Å². The van der Waals surface area contributed by atoms with Crippen molar-refractivity contribution in [2.45, 2.75) is 39.5 Å². The van der Waals surface area contributed by atoms with Gasteiger partial charge in [0.2, 0.25) is 0 Å². The van der Waals surface area contributed by atoms with Crippen molar-refractivity contribution in [3.63, 3.8) is 0 Å². The first-order valence-electron chi connectivity index (χ1n) is 7.06. The van der Waals surface area contributed by atoms with Gasteiger partial charge in [-0.1, -0.05) is 11.3 Å². The number of ether oxygens (including phenoxy) is 1. The molecule has 0 amide bonds. The molecule has 0 saturated heterocycles. The molecule has 0 unspecified atom stereocenters. The van der Waals surface area contributed by atoms with Gasteiger partial charge >= 0.3 is 5.97 Å². The summed E-state index contributed by atoms with van der Waals surface area (Å²) in [5.74, 6) is -0.318. The molecule has 0 radical (unpaired) electrons. The fourth-order valence-corrected chi connectivity index (χ4v) is 4.12. The van der Waals surface area contributed by atoms with E-state index in [-0.39, 0.29) is 5.97 Å². The molecule has 0 spiro atoms. The van der Waals surface area contributed by atoms with Gasteiger partial charge in [-0.25, -0.2) is 4.79 Å². The number of fused-ring (bicyclic) bond motifs is 3. The van der Waals surface area contributed by atoms with E-state index in [1.807, 2.05) is 0 Å². The summed E-state index contributed by atoms with van der Waals surface area (Å²) < 4.78 is 5.09. The third-order valence-corrected chi connectivity index (χ3v) is 5.03. The van der Waals surface area contributed by atoms with E-state index < -0.39 is 0 Å². The van der Waals surface area contributed by atoms with Gasteiger partial charge in [-0.3, -0.25) is 0 Å². The summed E-state index contributed by atoms with van der Waals surface area (Å²) in [7, 11) is 0. The molecule has 106 valence electrons. The van der Waals surface area contributed by atoms with Crippen molar-refractivity contribution >= 4 is 33.2 Å². The quantitative estimate of drug-likeness (QED) is 0.865. The number of carbonyl (C=O) groups excluding carboxylic acids is 1. The fourth-order valence-electron chi connectivity index (χ4n) is 3.02. The molecule has 0 fully saturated rings. The summed E-state index contributed by atoms with van der Waals surface area (Å²) in [6.45, 7) is 4.27. The van der Waals surface area contributed by atoms with Gasteiger partial charge in [-0.05, 0) is 38.2 Å². The zero-order chi connectivity index (χ0) is 14.3. The summed E-state index contributed by atoms with van der Waals surface area (Å²) in [4.78, 5) is 16.9. The second-order valence-electron chi connectivity index (χ2n) is 5.18. The van der Waals surface area contributed by atoms with E-state index in [4.69, 9.17) is 10.5 Å². The molecular weight excluding hydrogens is 272 g/mol.